The number of ether oxygens (including phenoxy) is 1. The Morgan fingerprint density at radius 3 is 2.91 bits per heavy atom. The van der Waals surface area contributed by atoms with Crippen molar-refractivity contribution in [1.29, 1.82) is 0 Å². The van der Waals surface area contributed by atoms with E-state index < -0.39 is 0 Å². The molecule has 1 atom stereocenters. The van der Waals surface area contributed by atoms with Crippen molar-refractivity contribution in [1.82, 2.24) is 15.5 Å². The molecule has 1 aromatic carbocycles. The first-order chi connectivity index (χ1) is 11.1. The highest BCUT2D eigenvalue weighted by atomic mass is 32.2. The highest BCUT2D eigenvalue weighted by molar-refractivity contribution is 8.01. The Kier molecular flexibility index (Phi) is 6.66. The summed E-state index contributed by atoms with van der Waals surface area (Å²) in [5.74, 6) is 1.09. The third-order valence-corrected chi connectivity index (χ3v) is 5.07. The lowest BCUT2D eigenvalue weighted by Crippen LogP contribution is -2.33. The van der Waals surface area contributed by atoms with Gasteiger partial charge in [-0.15, -0.1) is 10.2 Å². The topological polar surface area (TPSA) is 76.1 Å². The maximum atomic E-state index is 11.8. The van der Waals surface area contributed by atoms with Crippen LogP contribution in [0.15, 0.2) is 28.6 Å². The summed E-state index contributed by atoms with van der Waals surface area (Å²) in [5, 5.41) is 14.9. The second kappa shape index (κ2) is 8.73. The molecule has 8 heteroatoms. The molecular formula is C15H20N4O2S2. The van der Waals surface area contributed by atoms with Crippen molar-refractivity contribution in [3.8, 4) is 5.75 Å². The first-order valence-electron chi connectivity index (χ1n) is 7.28. The number of thioether (sulfide) groups is 1. The fourth-order valence-electron chi connectivity index (χ4n) is 1.73. The van der Waals surface area contributed by atoms with E-state index in [1.165, 1.54) is 23.1 Å². The van der Waals surface area contributed by atoms with Crippen LogP contribution in [-0.2, 0) is 4.79 Å². The number of para-hydroxylation sites is 2. The molecule has 0 bridgehead atoms. The van der Waals surface area contributed by atoms with E-state index in [1.54, 1.807) is 7.11 Å². The summed E-state index contributed by atoms with van der Waals surface area (Å²) in [7, 11) is 1.62. The van der Waals surface area contributed by atoms with Crippen LogP contribution < -0.4 is 15.4 Å². The minimum Gasteiger partial charge on any atom is -0.495 e. The van der Waals surface area contributed by atoms with E-state index in [9.17, 15) is 4.79 Å². The second-order valence-corrected chi connectivity index (χ2v) is 7.06. The van der Waals surface area contributed by atoms with Crippen molar-refractivity contribution in [3.63, 3.8) is 0 Å². The van der Waals surface area contributed by atoms with Crippen LogP contribution in [0.5, 0.6) is 5.75 Å². The number of nitrogens with one attached hydrogen (secondary N) is 2. The Bertz CT molecular complexity index is 648. The van der Waals surface area contributed by atoms with Crippen LogP contribution in [0.4, 0.5) is 10.8 Å². The summed E-state index contributed by atoms with van der Waals surface area (Å²) in [6.07, 6.45) is 0.919. The number of rotatable bonds is 8. The lowest BCUT2D eigenvalue weighted by Gasteiger charge is -2.10. The molecule has 0 aliphatic rings. The smallest absolute Gasteiger partial charge is 0.230 e. The second-order valence-electron chi connectivity index (χ2n) is 4.86. The molecule has 2 rings (SSSR count). The Balaban J connectivity index is 1.89. The number of amides is 1. The van der Waals surface area contributed by atoms with Crippen molar-refractivity contribution in [2.24, 2.45) is 0 Å². The van der Waals surface area contributed by atoms with Gasteiger partial charge in [0.25, 0.3) is 0 Å². The molecule has 2 aromatic rings. The normalized spacial score (nSPS) is 11.8. The molecule has 0 saturated heterocycles. The predicted octanol–water partition coefficient (Wildman–Crippen LogP) is 3.30. The summed E-state index contributed by atoms with van der Waals surface area (Å²) < 4.78 is 6.04. The van der Waals surface area contributed by atoms with Gasteiger partial charge >= 0.3 is 0 Å². The van der Waals surface area contributed by atoms with Gasteiger partial charge in [0.15, 0.2) is 4.34 Å². The van der Waals surface area contributed by atoms with Gasteiger partial charge in [-0.1, -0.05) is 42.2 Å². The fourth-order valence-corrected chi connectivity index (χ4v) is 3.30. The van der Waals surface area contributed by atoms with Gasteiger partial charge in [0.05, 0.1) is 18.6 Å². The van der Waals surface area contributed by atoms with Crippen LogP contribution in [0.2, 0.25) is 0 Å². The number of aromatic nitrogens is 2. The molecule has 1 unspecified atom stereocenters. The zero-order valence-corrected chi connectivity index (χ0v) is 15.0. The van der Waals surface area contributed by atoms with E-state index in [1.807, 2.05) is 38.1 Å². The average molecular weight is 352 g/mol. The monoisotopic (exact) mass is 352 g/mol. The summed E-state index contributed by atoms with van der Waals surface area (Å²) in [6.45, 7) is 4.03. The van der Waals surface area contributed by atoms with Gasteiger partial charge in [-0.2, -0.15) is 0 Å². The molecular weight excluding hydrogens is 332 g/mol. The standard InChI is InChI=1S/C15H20N4O2S2/c1-4-10(2)16-13(20)9-22-15-19-18-14(23-15)17-11-7-5-6-8-12(11)21-3/h5-8,10H,4,9H2,1-3H3,(H,16,20)(H,17,18). The van der Waals surface area contributed by atoms with E-state index >= 15 is 0 Å². The molecule has 0 radical (unpaired) electrons. The molecule has 0 aliphatic heterocycles. The van der Waals surface area contributed by atoms with Crippen molar-refractivity contribution >= 4 is 39.8 Å². The number of benzene rings is 1. The summed E-state index contributed by atoms with van der Waals surface area (Å²) in [4.78, 5) is 11.8. The van der Waals surface area contributed by atoms with Crippen LogP contribution >= 0.6 is 23.1 Å². The number of hydrogen-bond acceptors (Lipinski definition) is 7. The number of carbonyl (C=O) groups is 1. The van der Waals surface area contributed by atoms with E-state index in [-0.39, 0.29) is 11.9 Å². The van der Waals surface area contributed by atoms with E-state index in [0.717, 1.165) is 22.2 Å². The zero-order valence-electron chi connectivity index (χ0n) is 13.3. The van der Waals surface area contributed by atoms with E-state index in [2.05, 4.69) is 20.8 Å². The van der Waals surface area contributed by atoms with Crippen LogP contribution in [0.25, 0.3) is 0 Å². The first kappa shape index (κ1) is 17.6. The maximum absolute atomic E-state index is 11.8. The molecule has 0 saturated carbocycles. The van der Waals surface area contributed by atoms with Gasteiger partial charge < -0.3 is 15.4 Å². The first-order valence-corrected chi connectivity index (χ1v) is 9.08. The van der Waals surface area contributed by atoms with Crippen LogP contribution in [0.1, 0.15) is 20.3 Å². The summed E-state index contributed by atoms with van der Waals surface area (Å²) >= 11 is 2.79. The molecule has 1 amide bonds. The largest absolute Gasteiger partial charge is 0.495 e. The van der Waals surface area contributed by atoms with E-state index in [0.29, 0.717) is 10.9 Å². The third kappa shape index (κ3) is 5.40. The Morgan fingerprint density at radius 2 is 2.17 bits per heavy atom. The van der Waals surface area contributed by atoms with Gasteiger partial charge in [-0.25, -0.2) is 0 Å². The van der Waals surface area contributed by atoms with Crippen molar-refractivity contribution < 1.29 is 9.53 Å². The van der Waals surface area contributed by atoms with Gasteiger partial charge in [0.2, 0.25) is 11.0 Å². The Hall–Kier alpha value is -1.80. The molecule has 6 nitrogen and oxygen atoms in total. The molecule has 0 fully saturated rings. The van der Waals surface area contributed by atoms with Gasteiger partial charge in [-0.3, -0.25) is 4.79 Å². The number of carbonyl (C=O) groups excluding carboxylic acids is 1. The Morgan fingerprint density at radius 1 is 1.39 bits per heavy atom. The molecule has 23 heavy (non-hydrogen) atoms. The van der Waals surface area contributed by atoms with E-state index in [4.69, 9.17) is 4.74 Å². The zero-order chi connectivity index (χ0) is 16.7. The van der Waals surface area contributed by atoms with Crippen LogP contribution in [0.3, 0.4) is 0 Å². The molecule has 1 heterocycles. The number of anilines is 2. The van der Waals surface area contributed by atoms with Gasteiger partial charge in [0, 0.05) is 6.04 Å². The highest BCUT2D eigenvalue weighted by Crippen LogP contribution is 2.31. The van der Waals surface area contributed by atoms with Gasteiger partial charge in [-0.05, 0) is 25.5 Å². The van der Waals surface area contributed by atoms with Crippen LogP contribution in [0, 0.1) is 0 Å². The maximum Gasteiger partial charge on any atom is 0.230 e. The average Bonchev–Trinajstić information content (AvgIpc) is 3.01. The number of methoxy groups -OCH3 is 1. The SMILES string of the molecule is CCC(C)NC(=O)CSc1nnc(Nc2ccccc2OC)s1. The minimum absolute atomic E-state index is 0.0128. The number of hydrogen-bond donors (Lipinski definition) is 2. The predicted molar refractivity (Wildman–Crippen MR) is 94.8 cm³/mol. The van der Waals surface area contributed by atoms with Crippen molar-refractivity contribution in [3.05, 3.63) is 24.3 Å². The van der Waals surface area contributed by atoms with Gasteiger partial charge in [0.1, 0.15) is 5.75 Å². The number of nitrogens with zero attached hydrogens (tertiary/aromatic N) is 2. The highest BCUT2D eigenvalue weighted by Gasteiger charge is 2.11. The lowest BCUT2D eigenvalue weighted by molar-refractivity contribution is -0.119. The molecule has 1 aromatic heterocycles. The van der Waals surface area contributed by atoms with Crippen molar-refractivity contribution in [2.75, 3.05) is 18.2 Å². The lowest BCUT2D eigenvalue weighted by atomic mass is 10.3. The molecule has 2 N–H and O–H groups in total. The van der Waals surface area contributed by atoms with Crippen molar-refractivity contribution in [2.45, 2.75) is 30.6 Å². The third-order valence-electron chi connectivity index (χ3n) is 3.10. The molecule has 124 valence electrons. The molecule has 0 spiro atoms. The minimum atomic E-state index is 0.0128. The van der Waals surface area contributed by atoms with Crippen LogP contribution in [-0.4, -0.2) is 35.0 Å². The Labute approximate surface area is 144 Å². The fraction of sp³-hybridized carbons (Fsp3) is 0.400. The molecule has 0 aliphatic carbocycles. The quantitative estimate of drug-likeness (QED) is 0.710. The summed E-state index contributed by atoms with van der Waals surface area (Å²) in [6, 6.07) is 7.80. The summed E-state index contributed by atoms with van der Waals surface area (Å²) in [5.41, 5.74) is 0.831.